The quantitative estimate of drug-likeness (QED) is 0.491. The first-order valence-corrected chi connectivity index (χ1v) is 4.01. The first-order valence-electron chi connectivity index (χ1n) is 4.01. The van der Waals surface area contributed by atoms with Crippen molar-refractivity contribution in [1.29, 1.82) is 0 Å². The molecule has 0 aliphatic carbocycles. The molecule has 2 atom stereocenters. The van der Waals surface area contributed by atoms with Crippen molar-refractivity contribution in [2.45, 2.75) is 12.5 Å². The van der Waals surface area contributed by atoms with E-state index in [1.165, 1.54) is 4.90 Å². The number of nitrogens with zero attached hydrogens (tertiary/aromatic N) is 1. The fraction of sp³-hybridized carbons (Fsp3) is 0.857. The van der Waals surface area contributed by atoms with Crippen LogP contribution in [0, 0.1) is 5.92 Å². The average molecular weight is 174 g/mol. The molecule has 0 spiro atoms. The Kier molecular flexibility index (Phi) is 2.88. The Labute approximate surface area is 70.8 Å². The molecule has 0 unspecified atom stereocenters. The minimum absolute atomic E-state index is 0.0561. The first-order chi connectivity index (χ1) is 5.65. The second kappa shape index (κ2) is 3.73. The molecule has 0 saturated carbocycles. The summed E-state index contributed by atoms with van der Waals surface area (Å²) < 4.78 is 0. The van der Waals surface area contributed by atoms with Crippen LogP contribution in [0.15, 0.2) is 0 Å². The summed E-state index contributed by atoms with van der Waals surface area (Å²) in [6, 6.07) is 0. The summed E-state index contributed by atoms with van der Waals surface area (Å²) in [4.78, 5) is 11.7. The molecule has 5 heteroatoms. The van der Waals surface area contributed by atoms with Gasteiger partial charge in [-0.3, -0.25) is 0 Å². The monoisotopic (exact) mass is 174 g/mol. The van der Waals surface area contributed by atoms with Gasteiger partial charge in [0.2, 0.25) is 0 Å². The van der Waals surface area contributed by atoms with Crippen molar-refractivity contribution in [1.82, 2.24) is 4.90 Å². The van der Waals surface area contributed by atoms with Gasteiger partial charge in [-0.05, 0) is 13.0 Å². The molecule has 0 radical (unpaired) electrons. The smallest absolute Gasteiger partial charge is 0.407 e. The SMILES string of the molecule is NC[C@H]1CCN(C(=O)O)C[C@@H]1O. The van der Waals surface area contributed by atoms with Gasteiger partial charge in [0.15, 0.2) is 0 Å². The third-order valence-electron chi connectivity index (χ3n) is 2.29. The number of aliphatic hydroxyl groups is 1. The Morgan fingerprint density at radius 2 is 2.33 bits per heavy atom. The molecule has 70 valence electrons. The minimum Gasteiger partial charge on any atom is -0.465 e. The lowest BCUT2D eigenvalue weighted by molar-refractivity contribution is 0.0280. The van der Waals surface area contributed by atoms with Gasteiger partial charge in [-0.25, -0.2) is 4.79 Å². The van der Waals surface area contributed by atoms with Crippen LogP contribution in [0.4, 0.5) is 4.79 Å². The Bertz CT molecular complexity index is 174. The molecule has 4 N–H and O–H groups in total. The molecular formula is C7H14N2O3. The maximum Gasteiger partial charge on any atom is 0.407 e. The van der Waals surface area contributed by atoms with Gasteiger partial charge in [0, 0.05) is 12.5 Å². The summed E-state index contributed by atoms with van der Waals surface area (Å²) >= 11 is 0. The number of β-amino-alcohol motifs (C(OH)–C–C–N with tert-alkyl or cyclic N) is 1. The van der Waals surface area contributed by atoms with Crippen molar-refractivity contribution < 1.29 is 15.0 Å². The fourth-order valence-electron chi connectivity index (χ4n) is 1.43. The van der Waals surface area contributed by atoms with Gasteiger partial charge in [-0.1, -0.05) is 0 Å². The second-order valence-electron chi connectivity index (χ2n) is 3.08. The third-order valence-corrected chi connectivity index (χ3v) is 2.29. The lowest BCUT2D eigenvalue weighted by Crippen LogP contribution is -2.48. The van der Waals surface area contributed by atoms with Crippen LogP contribution < -0.4 is 5.73 Å². The Balaban J connectivity index is 2.46. The second-order valence-corrected chi connectivity index (χ2v) is 3.08. The number of aliphatic hydroxyl groups excluding tert-OH is 1. The summed E-state index contributed by atoms with van der Waals surface area (Å²) in [5, 5.41) is 18.0. The van der Waals surface area contributed by atoms with E-state index < -0.39 is 12.2 Å². The van der Waals surface area contributed by atoms with E-state index in [0.717, 1.165) is 0 Å². The lowest BCUT2D eigenvalue weighted by atomic mass is 9.94. The van der Waals surface area contributed by atoms with Crippen molar-refractivity contribution in [2.24, 2.45) is 11.7 Å². The van der Waals surface area contributed by atoms with E-state index in [2.05, 4.69) is 0 Å². The molecule has 1 saturated heterocycles. The maximum atomic E-state index is 10.5. The zero-order valence-corrected chi connectivity index (χ0v) is 6.81. The number of hydrogen-bond acceptors (Lipinski definition) is 3. The summed E-state index contributed by atoms with van der Waals surface area (Å²) in [7, 11) is 0. The van der Waals surface area contributed by atoms with Crippen LogP contribution in [0.3, 0.4) is 0 Å². The van der Waals surface area contributed by atoms with E-state index in [4.69, 9.17) is 10.8 Å². The number of carboxylic acid groups (broad SMARTS) is 1. The van der Waals surface area contributed by atoms with Gasteiger partial charge in [-0.15, -0.1) is 0 Å². The Hall–Kier alpha value is -0.810. The summed E-state index contributed by atoms with van der Waals surface area (Å²) in [5.74, 6) is 0.0561. The Morgan fingerprint density at radius 3 is 2.75 bits per heavy atom. The minimum atomic E-state index is -0.968. The first kappa shape index (κ1) is 9.28. The molecule has 1 aliphatic heterocycles. The van der Waals surface area contributed by atoms with Gasteiger partial charge < -0.3 is 20.8 Å². The number of likely N-dealkylation sites (tertiary alicyclic amines) is 1. The molecule has 1 aliphatic rings. The number of carbonyl (C=O) groups is 1. The average Bonchev–Trinajstić information content (AvgIpc) is 2.04. The van der Waals surface area contributed by atoms with E-state index in [-0.39, 0.29) is 12.5 Å². The van der Waals surface area contributed by atoms with Crippen molar-refractivity contribution in [3.8, 4) is 0 Å². The van der Waals surface area contributed by atoms with Crippen LogP contribution in [0.25, 0.3) is 0 Å². The van der Waals surface area contributed by atoms with Crippen LogP contribution >= 0.6 is 0 Å². The largest absolute Gasteiger partial charge is 0.465 e. The lowest BCUT2D eigenvalue weighted by Gasteiger charge is -2.33. The van der Waals surface area contributed by atoms with Gasteiger partial charge in [0.25, 0.3) is 0 Å². The standard InChI is InChI=1S/C7H14N2O3/c8-3-5-1-2-9(7(11)12)4-6(5)10/h5-6,10H,1-4,8H2,(H,11,12)/t5-,6+/m1/s1. The highest BCUT2D eigenvalue weighted by atomic mass is 16.4. The molecule has 1 heterocycles. The molecule has 0 aromatic rings. The van der Waals surface area contributed by atoms with Gasteiger partial charge in [0.1, 0.15) is 0 Å². The van der Waals surface area contributed by atoms with Crippen molar-refractivity contribution in [3.63, 3.8) is 0 Å². The molecule has 1 fully saturated rings. The van der Waals surface area contributed by atoms with Crippen LogP contribution in [-0.4, -0.2) is 46.9 Å². The van der Waals surface area contributed by atoms with Gasteiger partial charge in [0.05, 0.1) is 12.6 Å². The normalized spacial score (nSPS) is 30.3. The molecule has 12 heavy (non-hydrogen) atoms. The number of nitrogens with two attached hydrogens (primary N) is 1. The van der Waals surface area contributed by atoms with E-state index in [1.54, 1.807) is 0 Å². The predicted octanol–water partition coefficient (Wildman–Crippen LogP) is -0.694. The molecule has 0 bridgehead atoms. The van der Waals surface area contributed by atoms with E-state index in [1.807, 2.05) is 0 Å². The topological polar surface area (TPSA) is 86.8 Å². The number of piperidine rings is 1. The summed E-state index contributed by atoms with van der Waals surface area (Å²) in [5.41, 5.74) is 5.39. The fourth-order valence-corrected chi connectivity index (χ4v) is 1.43. The number of rotatable bonds is 1. The number of amides is 1. The highest BCUT2D eigenvalue weighted by Crippen LogP contribution is 2.16. The Morgan fingerprint density at radius 1 is 1.67 bits per heavy atom. The summed E-state index contributed by atoms with van der Waals surface area (Å²) in [6.45, 7) is 1.10. The van der Waals surface area contributed by atoms with Crippen LogP contribution in [-0.2, 0) is 0 Å². The zero-order valence-electron chi connectivity index (χ0n) is 6.81. The molecule has 1 amide bonds. The van der Waals surface area contributed by atoms with Gasteiger partial charge >= 0.3 is 6.09 Å². The van der Waals surface area contributed by atoms with E-state index >= 15 is 0 Å². The zero-order chi connectivity index (χ0) is 9.14. The van der Waals surface area contributed by atoms with Crippen LogP contribution in [0.5, 0.6) is 0 Å². The number of hydrogen-bond donors (Lipinski definition) is 3. The van der Waals surface area contributed by atoms with Gasteiger partial charge in [-0.2, -0.15) is 0 Å². The van der Waals surface area contributed by atoms with E-state index in [0.29, 0.717) is 19.5 Å². The van der Waals surface area contributed by atoms with E-state index in [9.17, 15) is 9.90 Å². The third kappa shape index (κ3) is 1.86. The van der Waals surface area contributed by atoms with Crippen molar-refractivity contribution in [2.75, 3.05) is 19.6 Å². The van der Waals surface area contributed by atoms with Crippen molar-refractivity contribution >= 4 is 6.09 Å². The molecule has 1 rings (SSSR count). The molecule has 5 nitrogen and oxygen atoms in total. The molecular weight excluding hydrogens is 160 g/mol. The van der Waals surface area contributed by atoms with Crippen molar-refractivity contribution in [3.05, 3.63) is 0 Å². The predicted molar refractivity (Wildman–Crippen MR) is 42.8 cm³/mol. The molecule has 0 aromatic heterocycles. The van der Waals surface area contributed by atoms with Crippen LogP contribution in [0.1, 0.15) is 6.42 Å². The summed E-state index contributed by atoms with van der Waals surface area (Å²) in [6.07, 6.45) is -0.909. The molecule has 0 aromatic carbocycles. The highest BCUT2D eigenvalue weighted by Gasteiger charge is 2.28. The van der Waals surface area contributed by atoms with Crippen LogP contribution in [0.2, 0.25) is 0 Å². The maximum absolute atomic E-state index is 10.5. The highest BCUT2D eigenvalue weighted by molar-refractivity contribution is 5.65.